The van der Waals surface area contributed by atoms with E-state index < -0.39 is 5.60 Å². The predicted octanol–water partition coefficient (Wildman–Crippen LogP) is 6.44. The van der Waals surface area contributed by atoms with Crippen molar-refractivity contribution < 1.29 is 4.74 Å². The molecule has 0 fully saturated rings. The fourth-order valence-corrected chi connectivity index (χ4v) is 3.77. The summed E-state index contributed by atoms with van der Waals surface area (Å²) in [5.41, 5.74) is 4.52. The lowest BCUT2D eigenvalue weighted by Crippen LogP contribution is -2.34. The predicted molar refractivity (Wildman–Crippen MR) is 122 cm³/mol. The Bertz CT molecular complexity index is 1200. The van der Waals surface area contributed by atoms with Crippen molar-refractivity contribution in [2.24, 2.45) is 0 Å². The van der Waals surface area contributed by atoms with Crippen molar-refractivity contribution in [2.45, 2.75) is 5.60 Å². The van der Waals surface area contributed by atoms with Crippen LogP contribution in [0.4, 0.5) is 0 Å². The van der Waals surface area contributed by atoms with Crippen molar-refractivity contribution >= 4 is 6.08 Å². The highest BCUT2D eigenvalue weighted by Crippen LogP contribution is 2.42. The minimum atomic E-state index is -0.666. The Labute approximate surface area is 177 Å². The molecule has 0 aromatic heterocycles. The third-order valence-electron chi connectivity index (χ3n) is 5.31. The standard InChI is InChI=1S/C29H20O/c1-4-10-23(11-5-1)16-17-24-18-19-25-20-21-29(30-28(25)22-24,26-12-6-2-7-13-26)27-14-8-3-9-15-27/h1-15,18-22H. The SMILES string of the molecule is C(#Cc1ccc2c(c1)OC(c1ccccc1)(c1ccccc1)C=C2)c1ccccc1. The van der Waals surface area contributed by atoms with Crippen LogP contribution in [0.5, 0.6) is 5.75 Å². The van der Waals surface area contributed by atoms with Gasteiger partial charge < -0.3 is 4.74 Å². The third-order valence-corrected chi connectivity index (χ3v) is 5.31. The summed E-state index contributed by atoms with van der Waals surface area (Å²) >= 11 is 0. The van der Waals surface area contributed by atoms with Gasteiger partial charge in [0, 0.05) is 27.8 Å². The monoisotopic (exact) mass is 384 g/mol. The molecular formula is C29H20O. The molecule has 4 aromatic carbocycles. The van der Waals surface area contributed by atoms with E-state index >= 15 is 0 Å². The first kappa shape index (κ1) is 18.0. The van der Waals surface area contributed by atoms with Gasteiger partial charge in [0.05, 0.1) is 0 Å². The lowest BCUT2D eigenvalue weighted by molar-refractivity contribution is 0.161. The van der Waals surface area contributed by atoms with Crippen LogP contribution in [0.15, 0.2) is 115 Å². The molecule has 0 atom stereocenters. The van der Waals surface area contributed by atoms with Crippen LogP contribution >= 0.6 is 0 Å². The Morgan fingerprint density at radius 3 is 1.77 bits per heavy atom. The zero-order valence-corrected chi connectivity index (χ0v) is 16.5. The van der Waals surface area contributed by atoms with Crippen LogP contribution in [0.25, 0.3) is 6.08 Å². The highest BCUT2D eigenvalue weighted by Gasteiger charge is 2.36. The summed E-state index contributed by atoms with van der Waals surface area (Å²) in [7, 11) is 0. The number of ether oxygens (including phenoxy) is 1. The topological polar surface area (TPSA) is 9.23 Å². The molecule has 1 aliphatic heterocycles. The average molecular weight is 384 g/mol. The van der Waals surface area contributed by atoms with Gasteiger partial charge in [0.1, 0.15) is 5.75 Å². The Balaban J connectivity index is 1.57. The lowest BCUT2D eigenvalue weighted by Gasteiger charge is -2.36. The number of rotatable bonds is 2. The minimum Gasteiger partial charge on any atom is -0.473 e. The first-order valence-corrected chi connectivity index (χ1v) is 10.0. The molecule has 1 heterocycles. The van der Waals surface area contributed by atoms with Crippen LogP contribution in [0.3, 0.4) is 0 Å². The van der Waals surface area contributed by atoms with Gasteiger partial charge in [-0.2, -0.15) is 0 Å². The molecule has 30 heavy (non-hydrogen) atoms. The Morgan fingerprint density at radius 1 is 0.567 bits per heavy atom. The molecule has 0 unspecified atom stereocenters. The molecule has 0 radical (unpaired) electrons. The molecule has 1 heteroatoms. The maximum Gasteiger partial charge on any atom is 0.178 e. The zero-order chi connectivity index (χ0) is 20.2. The summed E-state index contributed by atoms with van der Waals surface area (Å²) in [5.74, 6) is 7.33. The second-order valence-electron chi connectivity index (χ2n) is 7.27. The van der Waals surface area contributed by atoms with Crippen molar-refractivity contribution in [3.8, 4) is 17.6 Å². The molecule has 1 aliphatic rings. The van der Waals surface area contributed by atoms with Crippen LogP contribution in [0, 0.1) is 11.8 Å². The summed E-state index contributed by atoms with van der Waals surface area (Å²) < 4.78 is 6.73. The summed E-state index contributed by atoms with van der Waals surface area (Å²) in [5, 5.41) is 0. The fraction of sp³-hybridized carbons (Fsp3) is 0.0345. The van der Waals surface area contributed by atoms with Crippen LogP contribution in [0.2, 0.25) is 0 Å². The number of hydrogen-bond acceptors (Lipinski definition) is 1. The summed E-state index contributed by atoms with van der Waals surface area (Å²) in [6.45, 7) is 0. The number of benzene rings is 4. The molecule has 142 valence electrons. The highest BCUT2D eigenvalue weighted by atomic mass is 16.5. The molecular weight excluding hydrogens is 364 g/mol. The summed E-state index contributed by atoms with van der Waals surface area (Å²) in [6.07, 6.45) is 4.29. The van der Waals surface area contributed by atoms with Crippen molar-refractivity contribution in [1.29, 1.82) is 0 Å². The maximum absolute atomic E-state index is 6.73. The Kier molecular flexibility index (Phi) is 4.68. The Hall–Kier alpha value is -4.02. The van der Waals surface area contributed by atoms with E-state index in [0.29, 0.717) is 0 Å². The molecule has 4 aromatic rings. The van der Waals surface area contributed by atoms with Gasteiger partial charge in [-0.05, 0) is 30.3 Å². The molecule has 0 saturated carbocycles. The van der Waals surface area contributed by atoms with E-state index in [1.54, 1.807) is 0 Å². The second kappa shape index (κ2) is 7.78. The van der Waals surface area contributed by atoms with Gasteiger partial charge in [0.25, 0.3) is 0 Å². The Morgan fingerprint density at radius 2 is 1.13 bits per heavy atom. The minimum absolute atomic E-state index is 0.666. The van der Waals surface area contributed by atoms with E-state index in [1.807, 2.05) is 54.6 Å². The summed E-state index contributed by atoms with van der Waals surface area (Å²) in [6, 6.07) is 36.9. The lowest BCUT2D eigenvalue weighted by atomic mass is 9.83. The van der Waals surface area contributed by atoms with E-state index in [0.717, 1.165) is 33.6 Å². The molecule has 0 N–H and O–H groups in total. The van der Waals surface area contributed by atoms with Crippen molar-refractivity contribution in [1.82, 2.24) is 0 Å². The highest BCUT2D eigenvalue weighted by molar-refractivity contribution is 5.66. The number of hydrogen-bond donors (Lipinski definition) is 0. The largest absolute Gasteiger partial charge is 0.473 e. The normalized spacial score (nSPS) is 13.5. The van der Waals surface area contributed by atoms with Crippen LogP contribution in [-0.4, -0.2) is 0 Å². The number of fused-ring (bicyclic) bond motifs is 1. The van der Waals surface area contributed by atoms with Gasteiger partial charge in [-0.15, -0.1) is 0 Å². The van der Waals surface area contributed by atoms with Crippen LogP contribution in [0.1, 0.15) is 27.8 Å². The van der Waals surface area contributed by atoms with Crippen molar-refractivity contribution in [2.75, 3.05) is 0 Å². The van der Waals surface area contributed by atoms with Gasteiger partial charge in [0.15, 0.2) is 5.60 Å². The second-order valence-corrected chi connectivity index (χ2v) is 7.27. The fourth-order valence-electron chi connectivity index (χ4n) is 3.77. The molecule has 0 bridgehead atoms. The third kappa shape index (κ3) is 3.41. The van der Waals surface area contributed by atoms with E-state index in [4.69, 9.17) is 4.74 Å². The van der Waals surface area contributed by atoms with Gasteiger partial charge in [-0.25, -0.2) is 0 Å². The molecule has 0 saturated heterocycles. The van der Waals surface area contributed by atoms with Crippen molar-refractivity contribution in [3.63, 3.8) is 0 Å². The van der Waals surface area contributed by atoms with E-state index in [-0.39, 0.29) is 0 Å². The maximum atomic E-state index is 6.73. The molecule has 5 rings (SSSR count). The van der Waals surface area contributed by atoms with Gasteiger partial charge >= 0.3 is 0 Å². The average Bonchev–Trinajstić information content (AvgIpc) is 2.84. The van der Waals surface area contributed by atoms with Gasteiger partial charge in [-0.3, -0.25) is 0 Å². The van der Waals surface area contributed by atoms with Crippen LogP contribution in [-0.2, 0) is 5.60 Å². The zero-order valence-electron chi connectivity index (χ0n) is 16.5. The van der Waals surface area contributed by atoms with Gasteiger partial charge in [0.2, 0.25) is 0 Å². The molecule has 0 aliphatic carbocycles. The van der Waals surface area contributed by atoms with E-state index in [9.17, 15) is 0 Å². The first-order chi connectivity index (χ1) is 14.8. The van der Waals surface area contributed by atoms with Crippen molar-refractivity contribution in [3.05, 3.63) is 143 Å². The van der Waals surface area contributed by atoms with Gasteiger partial charge in [-0.1, -0.05) is 103 Å². The smallest absolute Gasteiger partial charge is 0.178 e. The quantitative estimate of drug-likeness (QED) is 0.362. The summed E-state index contributed by atoms with van der Waals surface area (Å²) in [4.78, 5) is 0. The van der Waals surface area contributed by atoms with Crippen LogP contribution < -0.4 is 4.74 Å². The van der Waals surface area contributed by atoms with E-state index in [1.165, 1.54) is 0 Å². The molecule has 1 nitrogen and oxygen atoms in total. The molecule has 0 amide bonds. The molecule has 0 spiro atoms. The van der Waals surface area contributed by atoms with E-state index in [2.05, 4.69) is 78.6 Å². The first-order valence-electron chi connectivity index (χ1n) is 10.0.